The van der Waals surface area contributed by atoms with Crippen LogP contribution < -0.4 is 14.8 Å². The van der Waals surface area contributed by atoms with Gasteiger partial charge in [0.1, 0.15) is 0 Å². The summed E-state index contributed by atoms with van der Waals surface area (Å²) in [5.41, 5.74) is 2.24. The number of methoxy groups -OCH3 is 2. The molecule has 0 aliphatic carbocycles. The number of rotatable bonds is 6. The van der Waals surface area contributed by atoms with Crippen LogP contribution in [0.15, 0.2) is 52.5 Å². The lowest BCUT2D eigenvalue weighted by Gasteiger charge is -2.36. The Labute approximate surface area is 178 Å². The molecular weight excluding hydrogens is 404 g/mol. The number of thiophene rings is 1. The Balaban J connectivity index is 1.61. The molecule has 0 radical (unpaired) electrons. The number of carbonyl (C=O) groups is 2. The Morgan fingerprint density at radius 2 is 2.00 bits per heavy atom. The first-order valence-corrected chi connectivity index (χ1v) is 10.4. The number of carbonyl (C=O) groups excluding carboxylic acids is 2. The number of nitrogens with one attached hydrogen (secondary N) is 1. The van der Waals surface area contributed by atoms with Gasteiger partial charge >= 0.3 is 0 Å². The highest BCUT2D eigenvalue weighted by atomic mass is 32.1. The highest BCUT2D eigenvalue weighted by Gasteiger charge is 2.32. The second-order valence-corrected chi connectivity index (χ2v) is 7.88. The van der Waals surface area contributed by atoms with Gasteiger partial charge in [-0.2, -0.15) is 0 Å². The maximum atomic E-state index is 12.6. The first-order chi connectivity index (χ1) is 14.6. The minimum absolute atomic E-state index is 0.0861. The van der Waals surface area contributed by atoms with E-state index in [1.165, 1.54) is 12.3 Å². The minimum Gasteiger partial charge on any atom is -0.493 e. The van der Waals surface area contributed by atoms with Crippen LogP contribution >= 0.6 is 11.3 Å². The third-order valence-corrected chi connectivity index (χ3v) is 6.06. The van der Waals surface area contributed by atoms with Crippen LogP contribution in [-0.4, -0.2) is 44.0 Å². The number of benzene rings is 1. The predicted molar refractivity (Wildman–Crippen MR) is 112 cm³/mol. The molecule has 7 nitrogen and oxygen atoms in total. The molecular formula is C22H22N2O5S. The van der Waals surface area contributed by atoms with Crippen molar-refractivity contribution in [2.75, 3.05) is 27.3 Å². The van der Waals surface area contributed by atoms with Crippen molar-refractivity contribution < 1.29 is 23.5 Å². The van der Waals surface area contributed by atoms with Crippen molar-refractivity contribution in [1.82, 2.24) is 10.2 Å². The van der Waals surface area contributed by atoms with Crippen LogP contribution in [0, 0.1) is 0 Å². The van der Waals surface area contributed by atoms with Gasteiger partial charge in [-0.3, -0.25) is 19.8 Å². The minimum atomic E-state index is -0.540. The summed E-state index contributed by atoms with van der Waals surface area (Å²) >= 11 is 1.63. The van der Waals surface area contributed by atoms with Crippen LogP contribution in [0.1, 0.15) is 32.6 Å². The zero-order valence-electron chi connectivity index (χ0n) is 16.7. The van der Waals surface area contributed by atoms with Gasteiger partial charge < -0.3 is 13.9 Å². The third kappa shape index (κ3) is 3.96. The molecule has 3 heterocycles. The molecule has 1 atom stereocenters. The van der Waals surface area contributed by atoms with Crippen molar-refractivity contribution in [3.05, 3.63) is 69.8 Å². The SMILES string of the molecule is COc1cc2c(cc1OC)[C@H](c1cccs1)N(CC(=O)NC(=O)c1ccco1)CC2. The average Bonchev–Trinajstić information content (AvgIpc) is 3.46. The highest BCUT2D eigenvalue weighted by Crippen LogP contribution is 2.42. The molecule has 0 saturated heterocycles. The van der Waals surface area contributed by atoms with Gasteiger partial charge in [0.05, 0.1) is 33.1 Å². The van der Waals surface area contributed by atoms with Gasteiger partial charge in [-0.15, -0.1) is 11.3 Å². The van der Waals surface area contributed by atoms with Crippen LogP contribution in [-0.2, 0) is 11.2 Å². The Kier molecular flexibility index (Phi) is 5.87. The maximum absolute atomic E-state index is 12.6. The smallest absolute Gasteiger partial charge is 0.293 e. The van der Waals surface area contributed by atoms with E-state index in [0.717, 1.165) is 22.4 Å². The van der Waals surface area contributed by atoms with Crippen LogP contribution in [0.5, 0.6) is 11.5 Å². The fourth-order valence-electron chi connectivity index (χ4n) is 3.77. The monoisotopic (exact) mass is 426 g/mol. The van der Waals surface area contributed by atoms with Crippen LogP contribution in [0.3, 0.4) is 0 Å². The summed E-state index contributed by atoms with van der Waals surface area (Å²) in [4.78, 5) is 28.0. The van der Waals surface area contributed by atoms with Crippen LogP contribution in [0.2, 0.25) is 0 Å². The van der Waals surface area contributed by atoms with Gasteiger partial charge in [-0.1, -0.05) is 6.07 Å². The summed E-state index contributed by atoms with van der Waals surface area (Å²) in [6, 6.07) is 11.1. The third-order valence-electron chi connectivity index (χ3n) is 5.13. The summed E-state index contributed by atoms with van der Waals surface area (Å²) in [5.74, 6) is 0.538. The fourth-order valence-corrected chi connectivity index (χ4v) is 4.64. The van der Waals surface area contributed by atoms with Crippen molar-refractivity contribution in [1.29, 1.82) is 0 Å². The molecule has 3 aromatic rings. The van der Waals surface area contributed by atoms with Gasteiger partial charge in [0.15, 0.2) is 17.3 Å². The molecule has 156 valence electrons. The molecule has 1 aliphatic rings. The first kappa shape index (κ1) is 20.2. The number of hydrogen-bond acceptors (Lipinski definition) is 7. The van der Waals surface area contributed by atoms with Gasteiger partial charge in [-0.05, 0) is 53.3 Å². The quantitative estimate of drug-likeness (QED) is 0.652. The Hall–Kier alpha value is -3.10. The van der Waals surface area contributed by atoms with E-state index in [4.69, 9.17) is 13.9 Å². The lowest BCUT2D eigenvalue weighted by molar-refractivity contribution is -0.121. The molecule has 0 saturated carbocycles. The molecule has 0 fully saturated rings. The van der Waals surface area contributed by atoms with E-state index in [2.05, 4.69) is 16.3 Å². The Bertz CT molecular complexity index is 1030. The lowest BCUT2D eigenvalue weighted by Crippen LogP contribution is -2.44. The zero-order valence-corrected chi connectivity index (χ0v) is 17.5. The van der Waals surface area contributed by atoms with E-state index in [1.54, 1.807) is 31.6 Å². The molecule has 0 bridgehead atoms. The topological polar surface area (TPSA) is 81.0 Å². The van der Waals surface area contributed by atoms with Crippen molar-refractivity contribution in [2.45, 2.75) is 12.5 Å². The largest absolute Gasteiger partial charge is 0.493 e. The van der Waals surface area contributed by atoms with E-state index in [-0.39, 0.29) is 24.3 Å². The first-order valence-electron chi connectivity index (χ1n) is 9.50. The van der Waals surface area contributed by atoms with Crippen molar-refractivity contribution in [3.8, 4) is 11.5 Å². The van der Waals surface area contributed by atoms with Crippen molar-refractivity contribution >= 4 is 23.2 Å². The Morgan fingerprint density at radius 1 is 1.20 bits per heavy atom. The lowest BCUT2D eigenvalue weighted by atomic mass is 9.91. The van der Waals surface area contributed by atoms with E-state index >= 15 is 0 Å². The number of amides is 2. The second-order valence-electron chi connectivity index (χ2n) is 6.90. The molecule has 2 aromatic heterocycles. The predicted octanol–water partition coefficient (Wildman–Crippen LogP) is 3.26. The molecule has 4 rings (SSSR count). The molecule has 8 heteroatoms. The van der Waals surface area contributed by atoms with E-state index in [1.807, 2.05) is 23.6 Å². The van der Waals surface area contributed by atoms with Gasteiger partial charge in [0.25, 0.3) is 5.91 Å². The summed E-state index contributed by atoms with van der Waals surface area (Å²) in [6.45, 7) is 0.760. The molecule has 1 aliphatic heterocycles. The van der Waals surface area contributed by atoms with Gasteiger partial charge in [0.2, 0.25) is 5.91 Å². The van der Waals surface area contributed by atoms with Gasteiger partial charge in [-0.25, -0.2) is 0 Å². The number of imide groups is 1. The van der Waals surface area contributed by atoms with Crippen LogP contribution in [0.4, 0.5) is 0 Å². The number of fused-ring (bicyclic) bond motifs is 1. The number of hydrogen-bond donors (Lipinski definition) is 1. The summed E-state index contributed by atoms with van der Waals surface area (Å²) in [7, 11) is 3.23. The Morgan fingerprint density at radius 3 is 2.67 bits per heavy atom. The summed E-state index contributed by atoms with van der Waals surface area (Å²) in [5, 5.41) is 4.42. The molecule has 1 aromatic carbocycles. The number of nitrogens with zero attached hydrogens (tertiary/aromatic N) is 1. The van der Waals surface area contributed by atoms with Crippen LogP contribution in [0.25, 0.3) is 0 Å². The fraction of sp³-hybridized carbons (Fsp3) is 0.273. The molecule has 2 amide bonds. The normalized spacial score (nSPS) is 16.0. The maximum Gasteiger partial charge on any atom is 0.293 e. The van der Waals surface area contributed by atoms with E-state index < -0.39 is 5.91 Å². The molecule has 1 N–H and O–H groups in total. The van der Waals surface area contributed by atoms with E-state index in [0.29, 0.717) is 18.0 Å². The average molecular weight is 426 g/mol. The van der Waals surface area contributed by atoms with Gasteiger partial charge in [0, 0.05) is 11.4 Å². The summed E-state index contributed by atoms with van der Waals surface area (Å²) < 4.78 is 16.0. The van der Waals surface area contributed by atoms with E-state index in [9.17, 15) is 9.59 Å². The zero-order chi connectivity index (χ0) is 21.1. The molecule has 0 spiro atoms. The highest BCUT2D eigenvalue weighted by molar-refractivity contribution is 7.10. The number of ether oxygens (including phenoxy) is 2. The van der Waals surface area contributed by atoms with Crippen molar-refractivity contribution in [3.63, 3.8) is 0 Å². The molecule has 0 unspecified atom stereocenters. The molecule has 30 heavy (non-hydrogen) atoms. The standard InChI is InChI=1S/C22H22N2O5S/c1-27-17-11-14-7-8-24(13-20(25)23-22(26)16-5-3-9-29-16)21(19-6-4-10-30-19)15(14)12-18(17)28-2/h3-6,9-12,21H,7-8,13H2,1-2H3,(H,23,25,26)/t21-/m1/s1. The second kappa shape index (κ2) is 8.73. The summed E-state index contributed by atoms with van der Waals surface area (Å²) in [6.07, 6.45) is 2.16. The number of furan rings is 1. The van der Waals surface area contributed by atoms with Crippen molar-refractivity contribution in [2.24, 2.45) is 0 Å².